The predicted octanol–water partition coefficient (Wildman–Crippen LogP) is 3.70. The molecule has 0 aliphatic heterocycles. The van der Waals surface area contributed by atoms with Crippen molar-refractivity contribution in [2.75, 3.05) is 11.9 Å². The Morgan fingerprint density at radius 3 is 2.59 bits per heavy atom. The van der Waals surface area contributed by atoms with Crippen LogP contribution in [0.25, 0.3) is 0 Å². The highest BCUT2D eigenvalue weighted by atomic mass is 15.2. The molecule has 1 heterocycles. The van der Waals surface area contributed by atoms with E-state index in [1.807, 2.05) is 0 Å². The molecular weight excluding hydrogens is 210 g/mol. The molecule has 0 saturated heterocycles. The molecular formula is C14H27N3. The number of nitrogens with one attached hydrogen (secondary N) is 1. The van der Waals surface area contributed by atoms with Crippen molar-refractivity contribution < 1.29 is 0 Å². The van der Waals surface area contributed by atoms with Gasteiger partial charge in [0.25, 0.3) is 0 Å². The first-order chi connectivity index (χ1) is 7.84. The Bertz CT molecular complexity index is 350. The summed E-state index contributed by atoms with van der Waals surface area (Å²) >= 11 is 0. The zero-order chi connectivity index (χ0) is 13.1. The maximum atomic E-state index is 4.55. The summed E-state index contributed by atoms with van der Waals surface area (Å²) in [4.78, 5) is 4.55. The summed E-state index contributed by atoms with van der Waals surface area (Å²) < 4.78 is 2.25. The Morgan fingerprint density at radius 2 is 2.06 bits per heavy atom. The minimum atomic E-state index is 0.321. The van der Waals surface area contributed by atoms with Crippen molar-refractivity contribution in [1.82, 2.24) is 9.55 Å². The summed E-state index contributed by atoms with van der Waals surface area (Å²) in [6, 6.07) is 0. The molecule has 0 amide bonds. The van der Waals surface area contributed by atoms with Crippen molar-refractivity contribution in [3.8, 4) is 0 Å². The predicted molar refractivity (Wildman–Crippen MR) is 74.4 cm³/mol. The molecule has 3 nitrogen and oxygen atoms in total. The van der Waals surface area contributed by atoms with E-state index in [0.717, 1.165) is 24.7 Å². The number of aryl methyl sites for hydroxylation is 1. The van der Waals surface area contributed by atoms with Crippen molar-refractivity contribution in [3.63, 3.8) is 0 Å². The number of nitrogens with zero attached hydrogens (tertiary/aromatic N) is 2. The van der Waals surface area contributed by atoms with Crippen molar-refractivity contribution in [2.45, 2.75) is 54.5 Å². The van der Waals surface area contributed by atoms with Crippen molar-refractivity contribution in [3.05, 3.63) is 11.9 Å². The molecule has 1 aromatic rings. The second-order valence-corrected chi connectivity index (χ2v) is 6.13. The molecule has 17 heavy (non-hydrogen) atoms. The number of imidazole rings is 1. The molecule has 3 heteroatoms. The standard InChI is InChI=1S/C14H27N3/c1-7-14(5,6)10-17-9-12(4)16-13(17)15-8-11(2)3/h9,11H,7-8,10H2,1-6H3,(H,15,16). The highest BCUT2D eigenvalue weighted by molar-refractivity contribution is 5.28. The van der Waals surface area contributed by atoms with E-state index in [2.05, 4.69) is 62.6 Å². The number of hydrogen-bond donors (Lipinski definition) is 1. The molecule has 0 aliphatic carbocycles. The van der Waals surface area contributed by atoms with Crippen LogP contribution in [0.3, 0.4) is 0 Å². The summed E-state index contributed by atoms with van der Waals surface area (Å²) in [6.45, 7) is 15.3. The van der Waals surface area contributed by atoms with E-state index in [4.69, 9.17) is 0 Å². The van der Waals surface area contributed by atoms with Crippen LogP contribution in [0.5, 0.6) is 0 Å². The minimum absolute atomic E-state index is 0.321. The first-order valence-corrected chi connectivity index (χ1v) is 6.61. The molecule has 1 rings (SSSR count). The lowest BCUT2D eigenvalue weighted by atomic mass is 9.90. The average Bonchev–Trinajstić information content (AvgIpc) is 2.55. The van der Waals surface area contributed by atoms with Gasteiger partial charge in [-0.3, -0.25) is 0 Å². The number of hydrogen-bond acceptors (Lipinski definition) is 2. The van der Waals surface area contributed by atoms with E-state index in [9.17, 15) is 0 Å². The Kier molecular flexibility index (Phi) is 4.61. The van der Waals surface area contributed by atoms with E-state index >= 15 is 0 Å². The SMILES string of the molecule is CCC(C)(C)Cn1cc(C)nc1NCC(C)C. The van der Waals surface area contributed by atoms with Gasteiger partial charge in [-0.05, 0) is 24.7 Å². The Morgan fingerprint density at radius 1 is 1.41 bits per heavy atom. The van der Waals surface area contributed by atoms with Crippen LogP contribution in [0, 0.1) is 18.3 Å². The van der Waals surface area contributed by atoms with Gasteiger partial charge in [0.15, 0.2) is 0 Å². The maximum absolute atomic E-state index is 4.55. The van der Waals surface area contributed by atoms with Crippen molar-refractivity contribution >= 4 is 5.95 Å². The molecule has 0 radical (unpaired) electrons. The maximum Gasteiger partial charge on any atom is 0.203 e. The van der Waals surface area contributed by atoms with Crippen LogP contribution >= 0.6 is 0 Å². The van der Waals surface area contributed by atoms with Gasteiger partial charge in [0, 0.05) is 19.3 Å². The zero-order valence-corrected chi connectivity index (χ0v) is 12.2. The second-order valence-electron chi connectivity index (χ2n) is 6.13. The Balaban J connectivity index is 2.77. The van der Waals surface area contributed by atoms with Gasteiger partial charge in [0.1, 0.15) is 0 Å². The lowest BCUT2D eigenvalue weighted by molar-refractivity contribution is 0.296. The number of anilines is 1. The molecule has 1 N–H and O–H groups in total. The fraction of sp³-hybridized carbons (Fsp3) is 0.786. The van der Waals surface area contributed by atoms with Gasteiger partial charge < -0.3 is 9.88 Å². The van der Waals surface area contributed by atoms with Crippen LogP contribution in [0.2, 0.25) is 0 Å². The lowest BCUT2D eigenvalue weighted by Crippen LogP contribution is -2.21. The van der Waals surface area contributed by atoms with E-state index in [-0.39, 0.29) is 0 Å². The second kappa shape index (κ2) is 5.56. The summed E-state index contributed by atoms with van der Waals surface area (Å²) in [6.07, 6.45) is 3.31. The van der Waals surface area contributed by atoms with E-state index in [1.54, 1.807) is 0 Å². The van der Waals surface area contributed by atoms with Crippen LogP contribution in [-0.4, -0.2) is 16.1 Å². The summed E-state index contributed by atoms with van der Waals surface area (Å²) in [5.41, 5.74) is 1.41. The Labute approximate surface area is 106 Å². The van der Waals surface area contributed by atoms with Gasteiger partial charge in [-0.1, -0.05) is 34.6 Å². The van der Waals surface area contributed by atoms with Crippen LogP contribution in [0.15, 0.2) is 6.20 Å². The quantitative estimate of drug-likeness (QED) is 0.817. The molecule has 98 valence electrons. The van der Waals surface area contributed by atoms with Gasteiger partial charge in [-0.25, -0.2) is 4.98 Å². The van der Waals surface area contributed by atoms with Crippen LogP contribution in [-0.2, 0) is 6.54 Å². The van der Waals surface area contributed by atoms with Crippen molar-refractivity contribution in [2.24, 2.45) is 11.3 Å². The largest absolute Gasteiger partial charge is 0.355 e. The molecule has 1 aromatic heterocycles. The summed E-state index contributed by atoms with van der Waals surface area (Å²) in [5, 5.41) is 3.43. The summed E-state index contributed by atoms with van der Waals surface area (Å²) in [7, 11) is 0. The van der Waals surface area contributed by atoms with E-state index < -0.39 is 0 Å². The van der Waals surface area contributed by atoms with Crippen LogP contribution < -0.4 is 5.32 Å². The smallest absolute Gasteiger partial charge is 0.203 e. The first-order valence-electron chi connectivity index (χ1n) is 6.61. The monoisotopic (exact) mass is 237 g/mol. The molecule has 0 aliphatic rings. The molecule has 0 atom stereocenters. The third-order valence-corrected chi connectivity index (χ3v) is 3.12. The number of rotatable bonds is 6. The highest BCUT2D eigenvalue weighted by Gasteiger charge is 2.18. The third-order valence-electron chi connectivity index (χ3n) is 3.12. The average molecular weight is 237 g/mol. The topological polar surface area (TPSA) is 29.9 Å². The molecule has 0 spiro atoms. The van der Waals surface area contributed by atoms with E-state index in [0.29, 0.717) is 11.3 Å². The number of aromatic nitrogens is 2. The highest BCUT2D eigenvalue weighted by Crippen LogP contribution is 2.24. The van der Waals surface area contributed by atoms with Gasteiger partial charge in [-0.15, -0.1) is 0 Å². The van der Waals surface area contributed by atoms with Crippen LogP contribution in [0.1, 0.15) is 46.7 Å². The first kappa shape index (κ1) is 14.1. The molecule has 0 fully saturated rings. The van der Waals surface area contributed by atoms with Gasteiger partial charge >= 0.3 is 0 Å². The van der Waals surface area contributed by atoms with Crippen molar-refractivity contribution in [1.29, 1.82) is 0 Å². The fourth-order valence-electron chi connectivity index (χ4n) is 1.68. The molecule has 0 saturated carbocycles. The lowest BCUT2D eigenvalue weighted by Gasteiger charge is -2.24. The fourth-order valence-corrected chi connectivity index (χ4v) is 1.68. The van der Waals surface area contributed by atoms with Gasteiger partial charge in [0.05, 0.1) is 5.69 Å². The molecule has 0 unspecified atom stereocenters. The van der Waals surface area contributed by atoms with Crippen LogP contribution in [0.4, 0.5) is 5.95 Å². The van der Waals surface area contributed by atoms with E-state index in [1.165, 1.54) is 6.42 Å². The summed E-state index contributed by atoms with van der Waals surface area (Å²) in [5.74, 6) is 1.65. The van der Waals surface area contributed by atoms with Gasteiger partial charge in [0.2, 0.25) is 5.95 Å². The molecule has 0 aromatic carbocycles. The third kappa shape index (κ3) is 4.41. The zero-order valence-electron chi connectivity index (χ0n) is 12.2. The Hall–Kier alpha value is -0.990. The van der Waals surface area contributed by atoms with Gasteiger partial charge in [-0.2, -0.15) is 0 Å². The molecule has 0 bridgehead atoms. The minimum Gasteiger partial charge on any atom is -0.355 e. The normalized spacial score (nSPS) is 12.2.